The van der Waals surface area contributed by atoms with E-state index in [9.17, 15) is 24.0 Å². The lowest BCUT2D eigenvalue weighted by molar-refractivity contribution is -0.131. The molecule has 4 aromatic rings. The Morgan fingerprint density at radius 1 is 0.898 bits per heavy atom. The van der Waals surface area contributed by atoms with Crippen molar-refractivity contribution in [1.29, 1.82) is 0 Å². The van der Waals surface area contributed by atoms with E-state index in [1.54, 1.807) is 29.5 Å². The fourth-order valence-electron chi connectivity index (χ4n) is 7.29. The van der Waals surface area contributed by atoms with Crippen molar-refractivity contribution in [2.45, 2.75) is 58.5 Å². The molecule has 3 N–H and O–H groups in total. The van der Waals surface area contributed by atoms with Gasteiger partial charge in [0.15, 0.2) is 5.82 Å². The fourth-order valence-corrected chi connectivity index (χ4v) is 8.63. The number of aliphatic imine (C=N–C) groups is 1. The van der Waals surface area contributed by atoms with Crippen molar-refractivity contribution in [3.8, 4) is 5.00 Å². The SMILES string of the molecule is Cc1sc2c(c1C)C(c1ccc(Cl)cc1)=N[C@@H](CC(=O)NCCOCCOCCOCCNc1cccc3c1C(=O)N([C@H]1CCCC(=O)NC1=O)C3=O)c1nnc(C)n1-2. The molecule has 59 heavy (non-hydrogen) atoms. The van der Waals surface area contributed by atoms with Crippen LogP contribution in [-0.4, -0.2) is 114 Å². The van der Waals surface area contributed by atoms with Gasteiger partial charge in [-0.25, -0.2) is 0 Å². The molecule has 3 aliphatic rings. The van der Waals surface area contributed by atoms with E-state index in [1.807, 2.05) is 35.8 Å². The van der Waals surface area contributed by atoms with E-state index in [0.717, 1.165) is 38.1 Å². The minimum Gasteiger partial charge on any atom is -0.382 e. The molecule has 0 unspecified atom stereocenters. The summed E-state index contributed by atoms with van der Waals surface area (Å²) in [5.74, 6) is -1.03. The maximum absolute atomic E-state index is 13.3. The summed E-state index contributed by atoms with van der Waals surface area (Å²) in [6.45, 7) is 8.69. The van der Waals surface area contributed by atoms with Crippen LogP contribution in [0.4, 0.5) is 5.69 Å². The zero-order valence-electron chi connectivity index (χ0n) is 33.0. The average Bonchev–Trinajstić information content (AvgIpc) is 3.74. The highest BCUT2D eigenvalue weighted by molar-refractivity contribution is 7.15. The van der Waals surface area contributed by atoms with E-state index in [0.29, 0.717) is 75.7 Å². The largest absolute Gasteiger partial charge is 0.382 e. The number of benzene rings is 2. The molecule has 2 aromatic heterocycles. The van der Waals surface area contributed by atoms with E-state index in [2.05, 4.69) is 40.0 Å². The van der Waals surface area contributed by atoms with E-state index < -0.39 is 35.7 Å². The number of aromatic nitrogens is 3. The molecule has 1 fully saturated rings. The molecule has 5 amide bonds. The smallest absolute Gasteiger partial charge is 0.264 e. The number of hydrogen-bond donors (Lipinski definition) is 3. The molecule has 0 radical (unpaired) electrons. The minimum atomic E-state index is -1.04. The van der Waals surface area contributed by atoms with Crippen molar-refractivity contribution >= 4 is 63.9 Å². The molecular formula is C41H45ClN8O8S. The van der Waals surface area contributed by atoms with Crippen LogP contribution in [0.1, 0.15) is 85.7 Å². The molecule has 0 aliphatic carbocycles. The molecule has 3 aliphatic heterocycles. The van der Waals surface area contributed by atoms with Crippen molar-refractivity contribution in [3.63, 3.8) is 0 Å². The summed E-state index contributed by atoms with van der Waals surface area (Å²) in [7, 11) is 0. The number of imide groups is 2. The van der Waals surface area contributed by atoms with Gasteiger partial charge in [-0.1, -0.05) is 29.8 Å². The summed E-state index contributed by atoms with van der Waals surface area (Å²) in [6.07, 6.45) is 0.857. The van der Waals surface area contributed by atoms with Gasteiger partial charge in [-0.15, -0.1) is 21.5 Å². The number of hydrogen-bond acceptors (Lipinski definition) is 13. The van der Waals surface area contributed by atoms with Gasteiger partial charge in [-0.3, -0.25) is 43.7 Å². The Labute approximate surface area is 349 Å². The number of aryl methyl sites for hydroxylation is 2. The van der Waals surface area contributed by atoms with Crippen LogP contribution >= 0.6 is 22.9 Å². The quantitative estimate of drug-likeness (QED) is 0.102. The van der Waals surface area contributed by atoms with Crippen LogP contribution in [0.5, 0.6) is 0 Å². The second-order valence-electron chi connectivity index (χ2n) is 14.3. The van der Waals surface area contributed by atoms with Gasteiger partial charge in [0.25, 0.3) is 11.8 Å². The second kappa shape index (κ2) is 18.7. The summed E-state index contributed by atoms with van der Waals surface area (Å²) in [5, 5.41) is 18.8. The molecule has 0 bridgehead atoms. The van der Waals surface area contributed by atoms with Crippen LogP contribution in [0.2, 0.25) is 5.02 Å². The highest BCUT2D eigenvalue weighted by Crippen LogP contribution is 2.40. The Hall–Kier alpha value is -5.33. The first-order chi connectivity index (χ1) is 28.5. The molecule has 7 rings (SSSR count). The standard InChI is InChI=1S/C41H45ClN8O8S/c1-23-24(2)59-41-34(23)36(26-10-12-27(42)13-11-26)45-30(37-48-47-25(3)49(37)41)22-33(52)44-15-17-57-19-21-58-20-18-56-16-14-43-29-7-4-6-28-35(29)40(55)50(39(28)54)31-8-5-9-32(51)46-38(31)53/h4,6-7,10-13,30-31,43H,5,8-9,14-22H2,1-3H3,(H,44,52)(H,46,51,53)/t30-,31-/m0/s1. The van der Waals surface area contributed by atoms with Gasteiger partial charge in [0.2, 0.25) is 17.7 Å². The number of rotatable bonds is 17. The van der Waals surface area contributed by atoms with Crippen LogP contribution in [0.3, 0.4) is 0 Å². The number of halogens is 1. The molecular weight excluding hydrogens is 800 g/mol. The van der Waals surface area contributed by atoms with Gasteiger partial charge in [-0.05, 0) is 63.4 Å². The van der Waals surface area contributed by atoms with Gasteiger partial charge in [0.1, 0.15) is 22.9 Å². The Kier molecular flexibility index (Phi) is 13.3. The topological polar surface area (TPSA) is 195 Å². The molecule has 16 nitrogen and oxygen atoms in total. The fraction of sp³-hybridized carbons (Fsp3) is 0.415. The summed E-state index contributed by atoms with van der Waals surface area (Å²) in [4.78, 5) is 71.3. The van der Waals surface area contributed by atoms with Gasteiger partial charge >= 0.3 is 0 Å². The van der Waals surface area contributed by atoms with E-state index >= 15 is 0 Å². The lowest BCUT2D eigenvalue weighted by Crippen LogP contribution is -2.49. The lowest BCUT2D eigenvalue weighted by atomic mass is 9.99. The maximum Gasteiger partial charge on any atom is 0.264 e. The van der Waals surface area contributed by atoms with Crippen molar-refractivity contribution in [1.82, 2.24) is 30.3 Å². The molecule has 5 heterocycles. The monoisotopic (exact) mass is 844 g/mol. The summed E-state index contributed by atoms with van der Waals surface area (Å²) in [6, 6.07) is 10.9. The lowest BCUT2D eigenvalue weighted by Gasteiger charge is -2.23. The van der Waals surface area contributed by atoms with Crippen LogP contribution in [0, 0.1) is 20.8 Å². The van der Waals surface area contributed by atoms with Crippen LogP contribution in [0.15, 0.2) is 47.5 Å². The number of thiophene rings is 1. The van der Waals surface area contributed by atoms with Crippen LogP contribution in [0.25, 0.3) is 5.00 Å². The predicted octanol–water partition coefficient (Wildman–Crippen LogP) is 4.26. The molecule has 2 atom stereocenters. The van der Waals surface area contributed by atoms with E-state index in [1.165, 1.54) is 4.88 Å². The van der Waals surface area contributed by atoms with Crippen molar-refractivity contribution in [3.05, 3.63) is 91.8 Å². The Bertz CT molecular complexity index is 2290. The Morgan fingerprint density at radius 3 is 2.36 bits per heavy atom. The minimum absolute atomic E-state index is 0.0787. The highest BCUT2D eigenvalue weighted by atomic mass is 35.5. The van der Waals surface area contributed by atoms with Gasteiger partial charge in [0, 0.05) is 46.2 Å². The van der Waals surface area contributed by atoms with Gasteiger partial charge < -0.3 is 24.8 Å². The van der Waals surface area contributed by atoms with Gasteiger partial charge in [-0.2, -0.15) is 0 Å². The number of nitrogens with one attached hydrogen (secondary N) is 3. The van der Waals surface area contributed by atoms with Crippen LogP contribution in [-0.2, 0) is 28.6 Å². The van der Waals surface area contributed by atoms with Crippen molar-refractivity contribution in [2.24, 2.45) is 4.99 Å². The Morgan fingerprint density at radius 2 is 1.61 bits per heavy atom. The number of fused-ring (bicyclic) bond motifs is 4. The normalized spacial score (nSPS) is 17.5. The second-order valence-corrected chi connectivity index (χ2v) is 15.9. The molecule has 0 spiro atoms. The molecule has 0 saturated carbocycles. The highest BCUT2D eigenvalue weighted by Gasteiger charge is 2.45. The van der Waals surface area contributed by atoms with E-state index in [-0.39, 0.29) is 36.3 Å². The first kappa shape index (κ1) is 41.8. The first-order valence-electron chi connectivity index (χ1n) is 19.5. The average molecular weight is 845 g/mol. The number of anilines is 1. The zero-order chi connectivity index (χ0) is 41.6. The zero-order valence-corrected chi connectivity index (χ0v) is 34.5. The maximum atomic E-state index is 13.3. The Balaban J connectivity index is 0.799. The summed E-state index contributed by atoms with van der Waals surface area (Å²) >= 11 is 7.87. The van der Waals surface area contributed by atoms with Crippen LogP contribution < -0.4 is 16.0 Å². The number of amides is 5. The summed E-state index contributed by atoms with van der Waals surface area (Å²) in [5.41, 5.74) is 4.68. The third kappa shape index (κ3) is 9.13. The van der Waals surface area contributed by atoms with Gasteiger partial charge in [0.05, 0.1) is 62.9 Å². The number of ether oxygens (including phenoxy) is 3. The van der Waals surface area contributed by atoms with Crippen molar-refractivity contribution < 1.29 is 38.2 Å². The molecule has 1 saturated heterocycles. The third-order valence-corrected chi connectivity index (χ3v) is 11.8. The predicted molar refractivity (Wildman–Crippen MR) is 220 cm³/mol. The third-order valence-electron chi connectivity index (χ3n) is 10.3. The first-order valence-corrected chi connectivity index (χ1v) is 20.7. The van der Waals surface area contributed by atoms with E-state index in [4.69, 9.17) is 30.8 Å². The number of nitrogens with zero attached hydrogens (tertiary/aromatic N) is 5. The molecule has 18 heteroatoms. The summed E-state index contributed by atoms with van der Waals surface area (Å²) < 4.78 is 18.9. The number of carbonyl (C=O) groups excluding carboxylic acids is 5. The molecule has 2 aromatic carbocycles. The van der Waals surface area contributed by atoms with Crippen molar-refractivity contribution in [2.75, 3.05) is 58.0 Å². The molecule has 310 valence electrons. The number of carbonyl (C=O) groups is 5.